The number of aromatic nitrogens is 4. The van der Waals surface area contributed by atoms with Crippen molar-refractivity contribution in [2.75, 3.05) is 11.5 Å². The molecular formula is C28H22FN5O3S2. The summed E-state index contributed by atoms with van der Waals surface area (Å²) in [6, 6.07) is 22.4. The zero-order valence-corrected chi connectivity index (χ0v) is 22.1. The summed E-state index contributed by atoms with van der Waals surface area (Å²) in [6.07, 6.45) is 1.12. The predicted molar refractivity (Wildman–Crippen MR) is 151 cm³/mol. The Kier molecular flexibility index (Phi) is 7.08. The van der Waals surface area contributed by atoms with Crippen molar-refractivity contribution in [1.29, 1.82) is 0 Å². The quantitative estimate of drug-likeness (QED) is 0.190. The van der Waals surface area contributed by atoms with Crippen LogP contribution in [0, 0.1) is 5.82 Å². The van der Waals surface area contributed by atoms with Gasteiger partial charge in [-0.25, -0.2) is 23.8 Å². The minimum atomic E-state index is -0.438. The molecule has 1 aliphatic rings. The van der Waals surface area contributed by atoms with Crippen LogP contribution in [0.15, 0.2) is 85.2 Å². The number of nitrogens with two attached hydrogens (primary N) is 1. The second-order valence-electron chi connectivity index (χ2n) is 8.77. The molecule has 1 fully saturated rings. The van der Waals surface area contributed by atoms with E-state index < -0.39 is 5.82 Å². The molecule has 1 aliphatic heterocycles. The van der Waals surface area contributed by atoms with E-state index in [0.29, 0.717) is 46.2 Å². The number of anilines is 1. The number of nitrogens with zero attached hydrogens (tertiary/aromatic N) is 4. The fourth-order valence-corrected chi connectivity index (χ4v) is 7.27. The van der Waals surface area contributed by atoms with Crippen molar-refractivity contribution in [2.24, 2.45) is 0 Å². The number of nitrogen functional groups attached to an aromatic ring is 1. The number of carbonyl (C=O) groups excluding carboxylic acids is 1. The number of benzene rings is 3. The largest absolute Gasteiger partial charge is 0.457 e. The fourth-order valence-electron chi connectivity index (χ4n) is 4.27. The Morgan fingerprint density at radius 1 is 1.03 bits per heavy atom. The van der Waals surface area contributed by atoms with Gasteiger partial charge in [-0.05, 0) is 48.5 Å². The molecule has 3 aromatic carbocycles. The van der Waals surface area contributed by atoms with Gasteiger partial charge >= 0.3 is 5.97 Å². The summed E-state index contributed by atoms with van der Waals surface area (Å²) in [5.74, 6) is 0.844. The molecule has 8 nitrogen and oxygen atoms in total. The standard InChI is InChI=1S/C28H22FN5O3S2/c29-20-8-4-5-9-21(20)36-19-12-10-17(11-13-19)25-24-26(30)31-16-32-27(24)34(33-25)14-23-22(15-38-39-23)37-28(35)18-6-2-1-3-7-18/h1-13,16,22-23H,14-15H2,(H2,30,31,32). The lowest BCUT2D eigenvalue weighted by Gasteiger charge is -2.18. The van der Waals surface area contributed by atoms with E-state index in [1.54, 1.807) is 68.7 Å². The molecule has 0 amide bonds. The zero-order valence-electron chi connectivity index (χ0n) is 20.4. The van der Waals surface area contributed by atoms with Gasteiger partial charge in [-0.1, -0.05) is 51.9 Å². The number of hydrogen-bond donors (Lipinski definition) is 1. The molecule has 11 heteroatoms. The Bertz CT molecular complexity index is 1630. The molecule has 5 aromatic rings. The molecule has 2 atom stereocenters. The van der Waals surface area contributed by atoms with Crippen LogP contribution in [-0.4, -0.2) is 42.8 Å². The molecular weight excluding hydrogens is 537 g/mol. The molecule has 0 saturated carbocycles. The van der Waals surface area contributed by atoms with Crippen molar-refractivity contribution < 1.29 is 18.7 Å². The topological polar surface area (TPSA) is 105 Å². The van der Waals surface area contributed by atoms with Crippen LogP contribution >= 0.6 is 21.6 Å². The average Bonchev–Trinajstić information content (AvgIpc) is 3.56. The fraction of sp³-hybridized carbons (Fsp3) is 0.143. The van der Waals surface area contributed by atoms with Crippen LogP contribution < -0.4 is 10.5 Å². The summed E-state index contributed by atoms with van der Waals surface area (Å²) >= 11 is 0. The van der Waals surface area contributed by atoms with Gasteiger partial charge in [0.25, 0.3) is 0 Å². The number of esters is 1. The molecule has 0 aliphatic carbocycles. The molecule has 6 rings (SSSR count). The molecule has 0 radical (unpaired) electrons. The maximum absolute atomic E-state index is 14.0. The van der Waals surface area contributed by atoms with Crippen molar-refractivity contribution in [3.8, 4) is 22.8 Å². The molecule has 0 bridgehead atoms. The van der Waals surface area contributed by atoms with Gasteiger partial charge in [-0.3, -0.25) is 0 Å². The zero-order chi connectivity index (χ0) is 26.8. The van der Waals surface area contributed by atoms with Crippen LogP contribution in [0.2, 0.25) is 0 Å². The number of halogens is 1. The van der Waals surface area contributed by atoms with Crippen LogP contribution in [-0.2, 0) is 11.3 Å². The SMILES string of the molecule is Nc1ncnc2c1c(-c1ccc(Oc3ccccc3F)cc1)nn2CC1SSCC1OC(=O)c1ccccc1. The third kappa shape index (κ3) is 5.27. The summed E-state index contributed by atoms with van der Waals surface area (Å²) in [5, 5.41) is 5.45. The lowest BCUT2D eigenvalue weighted by molar-refractivity contribution is 0.0342. The van der Waals surface area contributed by atoms with E-state index >= 15 is 0 Å². The number of ether oxygens (including phenoxy) is 2. The van der Waals surface area contributed by atoms with Gasteiger partial charge in [-0.15, -0.1) is 0 Å². The monoisotopic (exact) mass is 559 g/mol. The second kappa shape index (κ2) is 11.0. The minimum absolute atomic E-state index is 0.0358. The first kappa shape index (κ1) is 25.2. The molecule has 2 unspecified atom stereocenters. The van der Waals surface area contributed by atoms with Crippen molar-refractivity contribution in [3.63, 3.8) is 0 Å². The van der Waals surface area contributed by atoms with Crippen LogP contribution in [0.25, 0.3) is 22.3 Å². The third-order valence-electron chi connectivity index (χ3n) is 6.21. The first-order chi connectivity index (χ1) is 19.1. The lowest BCUT2D eigenvalue weighted by atomic mass is 10.1. The number of rotatable bonds is 7. The Balaban J connectivity index is 1.26. The number of para-hydroxylation sites is 1. The van der Waals surface area contributed by atoms with Gasteiger partial charge < -0.3 is 15.2 Å². The van der Waals surface area contributed by atoms with E-state index in [1.807, 2.05) is 30.3 Å². The van der Waals surface area contributed by atoms with Gasteiger partial charge in [0.05, 0.1) is 22.7 Å². The maximum atomic E-state index is 14.0. The predicted octanol–water partition coefficient (Wildman–Crippen LogP) is 6.00. The molecule has 2 aromatic heterocycles. The Morgan fingerprint density at radius 2 is 1.79 bits per heavy atom. The van der Waals surface area contributed by atoms with Crippen molar-refractivity contribution >= 4 is 44.4 Å². The molecule has 39 heavy (non-hydrogen) atoms. The van der Waals surface area contributed by atoms with Crippen LogP contribution in [0.1, 0.15) is 10.4 Å². The second-order valence-corrected chi connectivity index (χ2v) is 11.4. The summed E-state index contributed by atoms with van der Waals surface area (Å²) in [4.78, 5) is 21.3. The highest BCUT2D eigenvalue weighted by molar-refractivity contribution is 8.77. The number of fused-ring (bicyclic) bond motifs is 1. The Labute approximate surface area is 231 Å². The molecule has 196 valence electrons. The Hall–Kier alpha value is -4.09. The Morgan fingerprint density at radius 3 is 2.59 bits per heavy atom. The summed E-state index contributed by atoms with van der Waals surface area (Å²) in [6.45, 7) is 0.464. The smallest absolute Gasteiger partial charge is 0.338 e. The van der Waals surface area contributed by atoms with E-state index in [2.05, 4.69) is 9.97 Å². The molecule has 1 saturated heterocycles. The summed E-state index contributed by atoms with van der Waals surface area (Å²) in [5.41, 5.74) is 8.79. The molecule has 2 N–H and O–H groups in total. The molecule has 0 spiro atoms. The highest BCUT2D eigenvalue weighted by atomic mass is 33.1. The maximum Gasteiger partial charge on any atom is 0.338 e. The highest BCUT2D eigenvalue weighted by Crippen LogP contribution is 2.41. The van der Waals surface area contributed by atoms with Gasteiger partial charge in [0, 0.05) is 11.3 Å². The van der Waals surface area contributed by atoms with Gasteiger partial charge in [0.2, 0.25) is 0 Å². The third-order valence-corrected chi connectivity index (χ3v) is 9.07. The number of carbonyl (C=O) groups is 1. The number of hydrogen-bond acceptors (Lipinski definition) is 9. The first-order valence-corrected chi connectivity index (χ1v) is 14.5. The highest BCUT2D eigenvalue weighted by Gasteiger charge is 2.34. The van der Waals surface area contributed by atoms with Crippen molar-refractivity contribution in [1.82, 2.24) is 19.7 Å². The van der Waals surface area contributed by atoms with E-state index in [4.69, 9.17) is 20.3 Å². The lowest BCUT2D eigenvalue weighted by Crippen LogP contribution is -2.31. The van der Waals surface area contributed by atoms with Gasteiger partial charge in [0.15, 0.2) is 17.2 Å². The van der Waals surface area contributed by atoms with E-state index in [9.17, 15) is 9.18 Å². The van der Waals surface area contributed by atoms with E-state index in [-0.39, 0.29) is 23.1 Å². The van der Waals surface area contributed by atoms with E-state index in [1.165, 1.54) is 12.4 Å². The van der Waals surface area contributed by atoms with E-state index in [0.717, 1.165) is 5.56 Å². The normalized spacial score (nSPS) is 16.8. The van der Waals surface area contributed by atoms with Crippen LogP contribution in [0.4, 0.5) is 10.2 Å². The van der Waals surface area contributed by atoms with Crippen LogP contribution in [0.5, 0.6) is 11.5 Å². The van der Waals surface area contributed by atoms with Crippen LogP contribution in [0.3, 0.4) is 0 Å². The van der Waals surface area contributed by atoms with Crippen molar-refractivity contribution in [3.05, 3.63) is 96.6 Å². The molecule has 3 heterocycles. The minimum Gasteiger partial charge on any atom is -0.457 e. The summed E-state index contributed by atoms with van der Waals surface area (Å²) < 4.78 is 27.3. The van der Waals surface area contributed by atoms with Gasteiger partial charge in [0.1, 0.15) is 29.7 Å². The average molecular weight is 560 g/mol. The summed E-state index contributed by atoms with van der Waals surface area (Å²) in [7, 11) is 3.32. The van der Waals surface area contributed by atoms with Gasteiger partial charge in [-0.2, -0.15) is 5.10 Å². The first-order valence-electron chi connectivity index (χ1n) is 12.1. The van der Waals surface area contributed by atoms with Crippen molar-refractivity contribution in [2.45, 2.75) is 17.9 Å².